The topological polar surface area (TPSA) is 75.7 Å². The van der Waals surface area contributed by atoms with E-state index in [1.807, 2.05) is 30.3 Å². The summed E-state index contributed by atoms with van der Waals surface area (Å²) in [6.07, 6.45) is 1.95. The summed E-state index contributed by atoms with van der Waals surface area (Å²) >= 11 is 0. The summed E-state index contributed by atoms with van der Waals surface area (Å²) in [5, 5.41) is 0. The molecule has 0 aliphatic rings. The second-order valence-electron chi connectivity index (χ2n) is 6.06. The third kappa shape index (κ3) is 6.08. The highest BCUT2D eigenvalue weighted by Crippen LogP contribution is 2.17. The number of nitrogens with zero attached hydrogens (tertiary/aromatic N) is 1. The summed E-state index contributed by atoms with van der Waals surface area (Å²) in [5.74, 6) is 0.477. The van der Waals surface area contributed by atoms with Crippen LogP contribution in [0.15, 0.2) is 59.5 Å². The van der Waals surface area contributed by atoms with Crippen LogP contribution in [0.3, 0.4) is 0 Å². The van der Waals surface area contributed by atoms with Gasteiger partial charge in [-0.05, 0) is 42.8 Å². The van der Waals surface area contributed by atoms with Crippen molar-refractivity contribution in [3.05, 3.63) is 54.6 Å². The third-order valence-electron chi connectivity index (χ3n) is 4.10. The summed E-state index contributed by atoms with van der Waals surface area (Å²) in [5.41, 5.74) is 0.828. The van der Waals surface area contributed by atoms with Crippen LogP contribution in [0.2, 0.25) is 0 Å². The van der Waals surface area contributed by atoms with E-state index in [9.17, 15) is 13.2 Å². The summed E-state index contributed by atoms with van der Waals surface area (Å²) in [6.45, 7) is 2.73. The number of rotatable bonds is 10. The minimum Gasteiger partial charge on any atom is -0.497 e. The molecule has 2 aromatic carbocycles. The van der Waals surface area contributed by atoms with Crippen LogP contribution in [0.25, 0.3) is 0 Å². The number of benzene rings is 2. The molecule has 6 nitrogen and oxygen atoms in total. The molecule has 2 rings (SSSR count). The van der Waals surface area contributed by atoms with Gasteiger partial charge >= 0.3 is 0 Å². The lowest BCUT2D eigenvalue weighted by atomic mass is 10.2. The van der Waals surface area contributed by atoms with E-state index in [4.69, 9.17) is 4.74 Å². The number of sulfonamides is 1. The zero-order valence-corrected chi connectivity index (χ0v) is 16.5. The largest absolute Gasteiger partial charge is 0.497 e. The number of carbonyl (C=O) groups is 1. The van der Waals surface area contributed by atoms with Gasteiger partial charge in [-0.15, -0.1) is 0 Å². The second kappa shape index (κ2) is 10.1. The summed E-state index contributed by atoms with van der Waals surface area (Å²) in [6, 6.07) is 15.5. The van der Waals surface area contributed by atoms with Gasteiger partial charge in [-0.2, -0.15) is 0 Å². The molecule has 1 N–H and O–H groups in total. The molecule has 0 aliphatic carbocycles. The van der Waals surface area contributed by atoms with E-state index in [0.29, 0.717) is 12.3 Å². The lowest BCUT2D eigenvalue weighted by Gasteiger charge is -2.23. The minimum absolute atomic E-state index is 0.0443. The maximum Gasteiger partial charge on any atom is 0.240 e. The Morgan fingerprint density at radius 1 is 1.07 bits per heavy atom. The van der Waals surface area contributed by atoms with Gasteiger partial charge in [0, 0.05) is 25.2 Å². The molecule has 27 heavy (non-hydrogen) atoms. The summed E-state index contributed by atoms with van der Waals surface area (Å²) in [4.78, 5) is 14.5. The quantitative estimate of drug-likeness (QED) is 0.676. The van der Waals surface area contributed by atoms with Gasteiger partial charge in [-0.25, -0.2) is 13.1 Å². The Morgan fingerprint density at radius 3 is 2.33 bits per heavy atom. The Kier molecular flexibility index (Phi) is 7.82. The lowest BCUT2D eigenvalue weighted by molar-refractivity contribution is -0.118. The molecule has 7 heteroatoms. The number of carbonyl (C=O) groups excluding carboxylic acids is 1. The average molecular weight is 391 g/mol. The number of hydrogen-bond donors (Lipinski definition) is 1. The molecule has 0 saturated carbocycles. The number of para-hydroxylation sites is 1. The van der Waals surface area contributed by atoms with E-state index in [0.717, 1.165) is 18.5 Å². The van der Waals surface area contributed by atoms with Crippen LogP contribution < -0.4 is 14.4 Å². The molecule has 1 amide bonds. The van der Waals surface area contributed by atoms with Crippen LogP contribution in [-0.2, 0) is 14.8 Å². The Hall–Kier alpha value is -2.38. The highest BCUT2D eigenvalue weighted by atomic mass is 32.2. The molecule has 0 bridgehead atoms. The smallest absolute Gasteiger partial charge is 0.240 e. The maximum atomic E-state index is 12.6. The van der Waals surface area contributed by atoms with Crippen LogP contribution in [0, 0.1) is 0 Å². The molecule has 0 radical (unpaired) electrons. The number of hydrogen-bond acceptors (Lipinski definition) is 4. The van der Waals surface area contributed by atoms with Crippen LogP contribution in [0.1, 0.15) is 26.2 Å². The van der Waals surface area contributed by atoms with Crippen LogP contribution in [-0.4, -0.2) is 34.5 Å². The van der Waals surface area contributed by atoms with E-state index in [1.165, 1.54) is 19.2 Å². The number of nitrogens with one attached hydrogen (secondary N) is 1. The van der Waals surface area contributed by atoms with Gasteiger partial charge in [-0.3, -0.25) is 4.79 Å². The number of methoxy groups -OCH3 is 1. The first-order chi connectivity index (χ1) is 13.0. The molecule has 0 aromatic heterocycles. The highest BCUT2D eigenvalue weighted by molar-refractivity contribution is 7.89. The van der Waals surface area contributed by atoms with Gasteiger partial charge in [0.15, 0.2) is 0 Å². The number of ether oxygens (including phenoxy) is 1. The van der Waals surface area contributed by atoms with E-state index in [2.05, 4.69) is 11.6 Å². The van der Waals surface area contributed by atoms with Crippen LogP contribution in [0.4, 0.5) is 5.69 Å². The van der Waals surface area contributed by atoms with E-state index in [1.54, 1.807) is 17.0 Å². The Morgan fingerprint density at radius 2 is 1.74 bits per heavy atom. The number of amides is 1. The van der Waals surface area contributed by atoms with Crippen molar-refractivity contribution in [2.24, 2.45) is 0 Å². The van der Waals surface area contributed by atoms with Crippen LogP contribution >= 0.6 is 0 Å². The Bertz CT molecular complexity index is 821. The average Bonchev–Trinajstić information content (AvgIpc) is 2.69. The summed E-state index contributed by atoms with van der Waals surface area (Å²) < 4.78 is 32.2. The Balaban J connectivity index is 1.97. The fourth-order valence-corrected chi connectivity index (χ4v) is 3.62. The zero-order chi connectivity index (χ0) is 19.7. The van der Waals surface area contributed by atoms with Crippen molar-refractivity contribution in [1.29, 1.82) is 0 Å². The standard InChI is InChI=1S/C20H26N2O4S/c1-3-4-16-22(17-8-6-5-7-9-17)20(23)14-15-21-27(24,25)19-12-10-18(26-2)11-13-19/h5-13,21H,3-4,14-16H2,1-2H3. The molecule has 146 valence electrons. The first-order valence-corrected chi connectivity index (χ1v) is 10.5. The number of anilines is 1. The molecule has 0 unspecified atom stereocenters. The monoisotopic (exact) mass is 390 g/mol. The fourth-order valence-electron chi connectivity index (χ4n) is 2.59. The van der Waals surface area contributed by atoms with Gasteiger partial charge in [0.05, 0.1) is 12.0 Å². The fraction of sp³-hybridized carbons (Fsp3) is 0.350. The van der Waals surface area contributed by atoms with Crippen molar-refractivity contribution < 1.29 is 17.9 Å². The first kappa shape index (κ1) is 20.9. The van der Waals surface area contributed by atoms with Crippen molar-refractivity contribution in [3.63, 3.8) is 0 Å². The van der Waals surface area contributed by atoms with Gasteiger partial charge in [-0.1, -0.05) is 31.5 Å². The van der Waals surface area contributed by atoms with Crippen molar-refractivity contribution in [3.8, 4) is 5.75 Å². The second-order valence-corrected chi connectivity index (χ2v) is 7.82. The molecule has 0 spiro atoms. The maximum absolute atomic E-state index is 12.6. The molecule has 0 fully saturated rings. The molecular formula is C20H26N2O4S. The number of unbranched alkanes of at least 4 members (excludes halogenated alkanes) is 1. The minimum atomic E-state index is -3.66. The third-order valence-corrected chi connectivity index (χ3v) is 5.58. The SMILES string of the molecule is CCCCN(C(=O)CCNS(=O)(=O)c1ccc(OC)cc1)c1ccccc1. The van der Waals surface area contributed by atoms with Gasteiger partial charge < -0.3 is 9.64 Å². The van der Waals surface area contributed by atoms with Crippen molar-refractivity contribution in [2.75, 3.05) is 25.1 Å². The van der Waals surface area contributed by atoms with E-state index >= 15 is 0 Å². The van der Waals surface area contributed by atoms with Crippen LogP contribution in [0.5, 0.6) is 5.75 Å². The molecule has 0 atom stereocenters. The molecule has 0 saturated heterocycles. The Labute approximate surface area is 161 Å². The van der Waals surface area contributed by atoms with Gasteiger partial charge in [0.1, 0.15) is 5.75 Å². The highest BCUT2D eigenvalue weighted by Gasteiger charge is 2.18. The molecular weight excluding hydrogens is 364 g/mol. The zero-order valence-electron chi connectivity index (χ0n) is 15.7. The summed E-state index contributed by atoms with van der Waals surface area (Å²) in [7, 11) is -2.15. The van der Waals surface area contributed by atoms with Crippen molar-refractivity contribution in [2.45, 2.75) is 31.1 Å². The van der Waals surface area contributed by atoms with Crippen molar-refractivity contribution >= 4 is 21.6 Å². The molecule has 0 heterocycles. The molecule has 0 aliphatic heterocycles. The first-order valence-electron chi connectivity index (χ1n) is 8.97. The van der Waals surface area contributed by atoms with E-state index < -0.39 is 10.0 Å². The lowest BCUT2D eigenvalue weighted by Crippen LogP contribution is -2.35. The molecule has 2 aromatic rings. The predicted octanol–water partition coefficient (Wildman–Crippen LogP) is 3.20. The predicted molar refractivity (Wildman–Crippen MR) is 107 cm³/mol. The van der Waals surface area contributed by atoms with Gasteiger partial charge in [0.25, 0.3) is 0 Å². The van der Waals surface area contributed by atoms with Gasteiger partial charge in [0.2, 0.25) is 15.9 Å². The van der Waals surface area contributed by atoms with E-state index in [-0.39, 0.29) is 23.8 Å². The van der Waals surface area contributed by atoms with Crippen molar-refractivity contribution in [1.82, 2.24) is 4.72 Å². The normalized spacial score (nSPS) is 11.2.